The largest absolute Gasteiger partial charge is 0.430 e. The first-order valence-corrected chi connectivity index (χ1v) is 7.27. The van der Waals surface area contributed by atoms with Crippen molar-refractivity contribution in [3.63, 3.8) is 0 Å². The van der Waals surface area contributed by atoms with Crippen molar-refractivity contribution in [3.8, 4) is 0 Å². The SMILES string of the molecule is C=CC1=CC(C)(C(O)(C(F)(F)F)C(F)(F)F)CC(C(O)(C(F)(F)F)C(F)(F)F)=C1. The Morgan fingerprint density at radius 1 is 0.828 bits per heavy atom. The van der Waals surface area contributed by atoms with Crippen molar-refractivity contribution < 1.29 is 62.9 Å². The summed E-state index contributed by atoms with van der Waals surface area (Å²) in [5.74, 6) is 0. The first kappa shape index (κ1) is 25.3. The van der Waals surface area contributed by atoms with Gasteiger partial charge < -0.3 is 10.2 Å². The number of aliphatic hydroxyl groups is 2. The number of allylic oxidation sites excluding steroid dienone is 3. The van der Waals surface area contributed by atoms with Crippen molar-refractivity contribution in [2.75, 3.05) is 0 Å². The van der Waals surface area contributed by atoms with E-state index in [1.165, 1.54) is 0 Å². The molecule has 29 heavy (non-hydrogen) atoms. The predicted molar refractivity (Wildman–Crippen MR) is 73.2 cm³/mol. The third-order valence-electron chi connectivity index (χ3n) is 4.55. The molecule has 2 N–H and O–H groups in total. The summed E-state index contributed by atoms with van der Waals surface area (Å²) in [7, 11) is 0. The normalized spacial score (nSPS) is 22.9. The molecule has 0 heterocycles. The predicted octanol–water partition coefficient (Wildman–Crippen LogP) is 5.15. The van der Waals surface area contributed by atoms with Crippen LogP contribution in [0.15, 0.2) is 36.0 Å². The molecule has 0 saturated heterocycles. The fourth-order valence-corrected chi connectivity index (χ4v) is 3.02. The zero-order valence-electron chi connectivity index (χ0n) is 14.1. The summed E-state index contributed by atoms with van der Waals surface area (Å²) in [5, 5.41) is 19.0. The summed E-state index contributed by atoms with van der Waals surface area (Å²) in [6, 6.07) is 0. The minimum absolute atomic E-state index is 0.00233. The maximum absolute atomic E-state index is 13.2. The van der Waals surface area contributed by atoms with Gasteiger partial charge in [-0.25, -0.2) is 0 Å². The van der Waals surface area contributed by atoms with E-state index in [2.05, 4.69) is 6.58 Å². The first-order chi connectivity index (χ1) is 12.5. The molecule has 1 aliphatic rings. The van der Waals surface area contributed by atoms with Crippen LogP contribution in [0.2, 0.25) is 0 Å². The number of rotatable bonds is 3. The zero-order valence-corrected chi connectivity index (χ0v) is 14.1. The summed E-state index contributed by atoms with van der Waals surface area (Å²) in [4.78, 5) is 0. The zero-order chi connectivity index (χ0) is 23.5. The standard InChI is InChI=1S/C15H12F12O2/c1-3-7-4-8(10(28,12(16,17)18)13(19,20)21)6-9(2,5-7)11(29,14(22,23)24)15(25,26)27/h3-5,28-29H,1,6H2,2H3. The van der Waals surface area contributed by atoms with Crippen LogP contribution < -0.4 is 0 Å². The Labute approximate surface area is 154 Å². The van der Waals surface area contributed by atoms with Gasteiger partial charge >= 0.3 is 24.7 Å². The maximum atomic E-state index is 13.2. The monoisotopic (exact) mass is 452 g/mol. The molecule has 0 spiro atoms. The summed E-state index contributed by atoms with van der Waals surface area (Å²) in [5.41, 5.74) is -18.7. The molecular formula is C15H12F12O2. The molecular weight excluding hydrogens is 440 g/mol. The van der Waals surface area contributed by atoms with Crippen molar-refractivity contribution >= 4 is 0 Å². The van der Waals surface area contributed by atoms with Crippen LogP contribution in [0.4, 0.5) is 52.7 Å². The Bertz CT molecular complexity index is 692. The van der Waals surface area contributed by atoms with Crippen LogP contribution in [0.25, 0.3) is 0 Å². The third-order valence-corrected chi connectivity index (χ3v) is 4.55. The van der Waals surface area contributed by atoms with Crippen molar-refractivity contribution in [1.29, 1.82) is 0 Å². The van der Waals surface area contributed by atoms with E-state index in [0.29, 0.717) is 6.08 Å². The van der Waals surface area contributed by atoms with Crippen molar-refractivity contribution in [3.05, 3.63) is 36.0 Å². The quantitative estimate of drug-likeness (QED) is 0.582. The van der Waals surface area contributed by atoms with Crippen LogP contribution in [-0.2, 0) is 0 Å². The molecule has 168 valence electrons. The molecule has 0 radical (unpaired) electrons. The molecule has 0 amide bonds. The molecule has 0 aromatic carbocycles. The van der Waals surface area contributed by atoms with Gasteiger partial charge in [0, 0.05) is 5.41 Å². The highest BCUT2D eigenvalue weighted by molar-refractivity contribution is 5.45. The van der Waals surface area contributed by atoms with E-state index in [9.17, 15) is 62.9 Å². The fraction of sp³-hybridized carbons (Fsp3) is 0.600. The van der Waals surface area contributed by atoms with Gasteiger partial charge in [0.05, 0.1) is 0 Å². The smallest absolute Gasteiger partial charge is 0.373 e. The van der Waals surface area contributed by atoms with E-state index in [-0.39, 0.29) is 19.1 Å². The number of hydrogen-bond donors (Lipinski definition) is 2. The maximum Gasteiger partial charge on any atom is 0.430 e. The minimum atomic E-state index is -6.56. The van der Waals surface area contributed by atoms with Crippen LogP contribution in [0.5, 0.6) is 0 Å². The van der Waals surface area contributed by atoms with Crippen LogP contribution in [0, 0.1) is 5.41 Å². The van der Waals surface area contributed by atoms with E-state index in [4.69, 9.17) is 0 Å². The second-order valence-corrected chi connectivity index (χ2v) is 6.52. The average Bonchev–Trinajstić information content (AvgIpc) is 2.47. The van der Waals surface area contributed by atoms with Crippen molar-refractivity contribution in [1.82, 2.24) is 0 Å². The second-order valence-electron chi connectivity index (χ2n) is 6.52. The number of hydrogen-bond acceptors (Lipinski definition) is 2. The van der Waals surface area contributed by atoms with Gasteiger partial charge in [0.2, 0.25) is 0 Å². The molecule has 1 rings (SSSR count). The van der Waals surface area contributed by atoms with Gasteiger partial charge in [0.25, 0.3) is 11.2 Å². The van der Waals surface area contributed by atoms with Gasteiger partial charge in [-0.1, -0.05) is 31.7 Å². The van der Waals surface area contributed by atoms with E-state index in [1.807, 2.05) is 0 Å². The molecule has 0 aromatic heterocycles. The van der Waals surface area contributed by atoms with E-state index >= 15 is 0 Å². The van der Waals surface area contributed by atoms with E-state index in [0.717, 1.165) is 0 Å². The average molecular weight is 452 g/mol. The Hall–Kier alpha value is -1.70. The summed E-state index contributed by atoms with van der Waals surface area (Å²) in [6.45, 7) is 2.87. The lowest BCUT2D eigenvalue weighted by atomic mass is 9.63. The van der Waals surface area contributed by atoms with Gasteiger partial charge in [0.1, 0.15) is 0 Å². The summed E-state index contributed by atoms with van der Waals surface area (Å²) in [6.07, 6.45) is -28.2. The number of halogens is 12. The molecule has 14 heteroatoms. The van der Waals surface area contributed by atoms with Crippen LogP contribution >= 0.6 is 0 Å². The summed E-state index contributed by atoms with van der Waals surface area (Å²) >= 11 is 0. The topological polar surface area (TPSA) is 40.5 Å². The molecule has 0 aliphatic heterocycles. The first-order valence-electron chi connectivity index (χ1n) is 7.27. The molecule has 1 aliphatic carbocycles. The highest BCUT2D eigenvalue weighted by Gasteiger charge is 2.79. The Balaban J connectivity index is 3.90. The van der Waals surface area contributed by atoms with Gasteiger partial charge in [-0.3, -0.25) is 0 Å². The highest BCUT2D eigenvalue weighted by Crippen LogP contribution is 2.60. The van der Waals surface area contributed by atoms with Crippen molar-refractivity contribution in [2.24, 2.45) is 5.41 Å². The molecule has 2 nitrogen and oxygen atoms in total. The number of alkyl halides is 12. The van der Waals surface area contributed by atoms with E-state index < -0.39 is 58.9 Å². The second kappa shape index (κ2) is 6.65. The Morgan fingerprint density at radius 3 is 1.48 bits per heavy atom. The van der Waals surface area contributed by atoms with Gasteiger partial charge in [0.15, 0.2) is 0 Å². The summed E-state index contributed by atoms with van der Waals surface area (Å²) < 4.78 is 158. The lowest BCUT2D eigenvalue weighted by Crippen LogP contribution is -2.67. The minimum Gasteiger partial charge on any atom is -0.373 e. The molecule has 0 bridgehead atoms. The van der Waals surface area contributed by atoms with Gasteiger partial charge in [-0.2, -0.15) is 52.7 Å². The fourth-order valence-electron chi connectivity index (χ4n) is 3.02. The lowest BCUT2D eigenvalue weighted by molar-refractivity contribution is -0.397. The van der Waals surface area contributed by atoms with Crippen molar-refractivity contribution in [2.45, 2.75) is 49.3 Å². The Morgan fingerprint density at radius 2 is 1.21 bits per heavy atom. The highest BCUT2D eigenvalue weighted by atomic mass is 19.4. The van der Waals surface area contributed by atoms with E-state index in [1.54, 1.807) is 0 Å². The molecule has 0 aromatic rings. The van der Waals surface area contributed by atoms with Crippen LogP contribution in [-0.4, -0.2) is 46.1 Å². The molecule has 0 saturated carbocycles. The van der Waals surface area contributed by atoms with Gasteiger partial charge in [-0.15, -0.1) is 0 Å². The van der Waals surface area contributed by atoms with Gasteiger partial charge in [-0.05, 0) is 17.6 Å². The Kier molecular flexibility index (Phi) is 5.81. The third kappa shape index (κ3) is 3.64. The molecule has 1 unspecified atom stereocenters. The molecule has 0 fully saturated rings. The lowest BCUT2D eigenvalue weighted by Gasteiger charge is -2.48. The van der Waals surface area contributed by atoms with Crippen LogP contribution in [0.3, 0.4) is 0 Å². The molecule has 1 atom stereocenters. The van der Waals surface area contributed by atoms with Crippen LogP contribution in [0.1, 0.15) is 13.3 Å².